The van der Waals surface area contributed by atoms with Crippen molar-refractivity contribution in [3.8, 4) is 0 Å². The van der Waals surface area contributed by atoms with Crippen molar-refractivity contribution in [2.24, 2.45) is 0 Å². The van der Waals surface area contributed by atoms with Gasteiger partial charge in [-0.3, -0.25) is 9.59 Å². The van der Waals surface area contributed by atoms with Crippen LogP contribution in [0.4, 0.5) is 10.1 Å². The van der Waals surface area contributed by atoms with Gasteiger partial charge in [-0.25, -0.2) is 9.18 Å². The fourth-order valence-corrected chi connectivity index (χ4v) is 2.55. The number of H-pyrrole nitrogens is 1. The van der Waals surface area contributed by atoms with Crippen LogP contribution in [0.1, 0.15) is 46.0 Å². The van der Waals surface area contributed by atoms with Crippen molar-refractivity contribution < 1.29 is 23.5 Å². The number of aryl methyl sites for hydroxylation is 1. The van der Waals surface area contributed by atoms with E-state index >= 15 is 0 Å². The number of Topliss-reactive ketones (excluding diaryl/α,β-unsaturated/α-hetero) is 1. The van der Waals surface area contributed by atoms with Crippen LogP contribution in [-0.2, 0) is 9.53 Å². The smallest absolute Gasteiger partial charge is 0.355 e. The minimum absolute atomic E-state index is 0.00108. The fourth-order valence-electron chi connectivity index (χ4n) is 2.55. The quantitative estimate of drug-likeness (QED) is 0.643. The van der Waals surface area contributed by atoms with Gasteiger partial charge in [0, 0.05) is 11.3 Å². The summed E-state index contributed by atoms with van der Waals surface area (Å²) < 4.78 is 18.7. The fraction of sp³-hybridized carbons (Fsp3) is 0.278. The second kappa shape index (κ2) is 7.29. The van der Waals surface area contributed by atoms with E-state index in [1.54, 1.807) is 19.9 Å². The molecule has 0 aliphatic heterocycles. The van der Waals surface area contributed by atoms with Crippen LogP contribution in [-0.4, -0.2) is 28.7 Å². The molecule has 0 spiro atoms. The molecule has 2 aromatic rings. The van der Waals surface area contributed by atoms with E-state index < -0.39 is 23.8 Å². The Bertz CT molecular complexity index is 842. The molecule has 0 saturated carbocycles. The monoisotopic (exact) mass is 346 g/mol. The third-order valence-electron chi connectivity index (χ3n) is 3.78. The van der Waals surface area contributed by atoms with E-state index in [9.17, 15) is 18.8 Å². The predicted molar refractivity (Wildman–Crippen MR) is 90.2 cm³/mol. The van der Waals surface area contributed by atoms with Gasteiger partial charge in [0.1, 0.15) is 11.5 Å². The van der Waals surface area contributed by atoms with Gasteiger partial charge in [-0.05, 0) is 45.4 Å². The lowest BCUT2D eigenvalue weighted by atomic mass is 10.1. The zero-order valence-electron chi connectivity index (χ0n) is 14.4. The van der Waals surface area contributed by atoms with Crippen LogP contribution in [0.25, 0.3) is 0 Å². The van der Waals surface area contributed by atoms with Crippen LogP contribution in [0.15, 0.2) is 24.3 Å². The summed E-state index contributed by atoms with van der Waals surface area (Å²) in [5.41, 5.74) is 1.57. The molecule has 1 aromatic heterocycles. The minimum atomic E-state index is -1.14. The van der Waals surface area contributed by atoms with Crippen LogP contribution >= 0.6 is 0 Å². The highest BCUT2D eigenvalue weighted by atomic mass is 19.1. The molecular formula is C18H19FN2O4. The van der Waals surface area contributed by atoms with Gasteiger partial charge in [0.25, 0.3) is 5.91 Å². The molecular weight excluding hydrogens is 327 g/mol. The van der Waals surface area contributed by atoms with Crippen molar-refractivity contribution in [1.82, 2.24) is 4.98 Å². The molecule has 2 rings (SSSR count). The maximum absolute atomic E-state index is 13.6. The lowest BCUT2D eigenvalue weighted by Gasteiger charge is -2.13. The largest absolute Gasteiger partial charge is 0.448 e. The Morgan fingerprint density at radius 3 is 2.40 bits per heavy atom. The standard InChI is InChI=1S/C18H19FN2O4/c1-9-15(11(3)22)10(2)20-16(9)18(24)25-12(4)17(23)21-14-8-6-5-7-13(14)19/h5-8,12,20H,1-4H3,(H,21,23)/t12-/m0/s1. The van der Waals surface area contributed by atoms with E-state index in [0.29, 0.717) is 16.8 Å². The number of aromatic nitrogens is 1. The average molecular weight is 346 g/mol. The molecule has 0 bridgehead atoms. The van der Waals surface area contributed by atoms with E-state index in [1.165, 1.54) is 32.0 Å². The van der Waals surface area contributed by atoms with E-state index in [2.05, 4.69) is 10.3 Å². The van der Waals surface area contributed by atoms with Crippen molar-refractivity contribution in [2.75, 3.05) is 5.32 Å². The SMILES string of the molecule is CC(=O)c1c(C)[nH]c(C(=O)O[C@@H](C)C(=O)Nc2ccccc2F)c1C. The summed E-state index contributed by atoms with van der Waals surface area (Å²) in [4.78, 5) is 38.8. The Balaban J connectivity index is 2.10. The molecule has 0 aliphatic rings. The summed E-state index contributed by atoms with van der Waals surface area (Å²) in [6, 6.07) is 5.68. The molecule has 0 unspecified atom stereocenters. The lowest BCUT2D eigenvalue weighted by molar-refractivity contribution is -0.123. The number of ketones is 1. The third-order valence-corrected chi connectivity index (χ3v) is 3.78. The van der Waals surface area contributed by atoms with Crippen molar-refractivity contribution in [3.63, 3.8) is 0 Å². The van der Waals surface area contributed by atoms with Crippen LogP contribution in [0.2, 0.25) is 0 Å². The summed E-state index contributed by atoms with van der Waals surface area (Å²) >= 11 is 0. The van der Waals surface area contributed by atoms with Gasteiger partial charge < -0.3 is 15.0 Å². The Morgan fingerprint density at radius 2 is 1.84 bits per heavy atom. The molecule has 0 radical (unpaired) electrons. The van der Waals surface area contributed by atoms with Gasteiger partial charge in [-0.2, -0.15) is 0 Å². The number of hydrogen-bond acceptors (Lipinski definition) is 4. The summed E-state index contributed by atoms with van der Waals surface area (Å²) in [5.74, 6) is -2.18. The number of benzene rings is 1. The number of esters is 1. The Hall–Kier alpha value is -2.96. The maximum Gasteiger partial charge on any atom is 0.355 e. The highest BCUT2D eigenvalue weighted by molar-refractivity contribution is 6.02. The van der Waals surface area contributed by atoms with Crippen molar-refractivity contribution in [3.05, 3.63) is 52.6 Å². The number of halogens is 1. The van der Waals surface area contributed by atoms with Gasteiger partial charge >= 0.3 is 5.97 Å². The van der Waals surface area contributed by atoms with Crippen molar-refractivity contribution in [2.45, 2.75) is 33.8 Å². The second-order valence-electron chi connectivity index (χ2n) is 5.70. The van der Waals surface area contributed by atoms with Gasteiger partial charge in [-0.15, -0.1) is 0 Å². The molecule has 0 aliphatic carbocycles. The summed E-state index contributed by atoms with van der Waals surface area (Å²) in [6.07, 6.45) is -1.14. The summed E-state index contributed by atoms with van der Waals surface area (Å²) in [5, 5.41) is 2.36. The van der Waals surface area contributed by atoms with Crippen LogP contribution in [0.5, 0.6) is 0 Å². The topological polar surface area (TPSA) is 88.3 Å². The average Bonchev–Trinajstić information content (AvgIpc) is 2.84. The molecule has 0 fully saturated rings. The molecule has 1 heterocycles. The van der Waals surface area contributed by atoms with Crippen molar-refractivity contribution >= 4 is 23.3 Å². The number of carbonyl (C=O) groups is 3. The number of carbonyl (C=O) groups excluding carboxylic acids is 3. The highest BCUT2D eigenvalue weighted by Crippen LogP contribution is 2.20. The first-order valence-corrected chi connectivity index (χ1v) is 7.68. The van der Waals surface area contributed by atoms with E-state index in [1.807, 2.05) is 0 Å². The van der Waals surface area contributed by atoms with E-state index in [4.69, 9.17) is 4.74 Å². The summed E-state index contributed by atoms with van der Waals surface area (Å²) in [7, 11) is 0. The molecule has 6 nitrogen and oxygen atoms in total. The zero-order valence-corrected chi connectivity index (χ0v) is 14.4. The number of rotatable bonds is 5. The maximum atomic E-state index is 13.6. The predicted octanol–water partition coefficient (Wildman–Crippen LogP) is 3.16. The molecule has 2 N–H and O–H groups in total. The normalized spacial score (nSPS) is 11.7. The molecule has 1 aromatic carbocycles. The molecule has 1 atom stereocenters. The number of nitrogens with one attached hydrogen (secondary N) is 2. The number of para-hydroxylation sites is 1. The van der Waals surface area contributed by atoms with Gasteiger partial charge in [-0.1, -0.05) is 12.1 Å². The van der Waals surface area contributed by atoms with E-state index in [0.717, 1.165) is 0 Å². The first kappa shape index (κ1) is 18.4. The van der Waals surface area contributed by atoms with Gasteiger partial charge in [0.05, 0.1) is 5.69 Å². The van der Waals surface area contributed by atoms with Crippen LogP contribution < -0.4 is 5.32 Å². The number of anilines is 1. The first-order valence-electron chi connectivity index (χ1n) is 7.68. The lowest BCUT2D eigenvalue weighted by Crippen LogP contribution is -2.30. The highest BCUT2D eigenvalue weighted by Gasteiger charge is 2.25. The first-order chi connectivity index (χ1) is 11.7. The minimum Gasteiger partial charge on any atom is -0.448 e. The molecule has 1 amide bonds. The molecule has 132 valence electrons. The number of amides is 1. The van der Waals surface area contributed by atoms with Crippen LogP contribution in [0.3, 0.4) is 0 Å². The third kappa shape index (κ3) is 3.93. The number of hydrogen-bond donors (Lipinski definition) is 2. The Labute approximate surface area is 144 Å². The van der Waals surface area contributed by atoms with Gasteiger partial charge in [0.15, 0.2) is 11.9 Å². The molecule has 25 heavy (non-hydrogen) atoms. The number of aromatic amines is 1. The molecule has 7 heteroatoms. The van der Waals surface area contributed by atoms with Gasteiger partial charge in [0.2, 0.25) is 0 Å². The van der Waals surface area contributed by atoms with Crippen molar-refractivity contribution in [1.29, 1.82) is 0 Å². The Morgan fingerprint density at radius 1 is 1.20 bits per heavy atom. The molecule has 0 saturated heterocycles. The summed E-state index contributed by atoms with van der Waals surface area (Å²) in [6.45, 7) is 6.09. The van der Waals surface area contributed by atoms with Crippen LogP contribution in [0, 0.1) is 19.7 Å². The van der Waals surface area contributed by atoms with E-state index in [-0.39, 0.29) is 17.2 Å². The number of ether oxygens (including phenoxy) is 1. The Kier molecular flexibility index (Phi) is 5.36. The second-order valence-corrected chi connectivity index (χ2v) is 5.70. The zero-order chi connectivity index (χ0) is 18.7.